The third kappa shape index (κ3) is 18.9. The summed E-state index contributed by atoms with van der Waals surface area (Å²) in [6.45, 7) is 11.5. The summed E-state index contributed by atoms with van der Waals surface area (Å²) >= 11 is 0. The molecule has 14 rings (SSSR count). The first kappa shape index (κ1) is 85.0. The minimum absolute atomic E-state index is 0. The Balaban J connectivity index is 0.000000189. The number of nitrogens with two attached hydrogens (primary N) is 1. The van der Waals surface area contributed by atoms with Gasteiger partial charge in [0.05, 0.1) is 56.6 Å². The van der Waals surface area contributed by atoms with Crippen LogP contribution in [0, 0.1) is 34.5 Å². The number of carbonyl (C=O) groups is 8. The number of aryl methyl sites for hydroxylation is 2. The van der Waals surface area contributed by atoms with Crippen molar-refractivity contribution in [3.63, 3.8) is 0 Å². The Bertz CT molecular complexity index is 4450. The fourth-order valence-electron chi connectivity index (χ4n) is 16.9. The molecule has 10 bridgehead atoms. The van der Waals surface area contributed by atoms with Gasteiger partial charge in [-0.25, -0.2) is 31.2 Å². The lowest BCUT2D eigenvalue weighted by Gasteiger charge is -2.36. The number of cyclic esters (lactones) is 2. The molecule has 6 aliphatic carbocycles. The Labute approximate surface area is 659 Å². The van der Waals surface area contributed by atoms with Crippen LogP contribution in [0.25, 0.3) is 21.5 Å². The summed E-state index contributed by atoms with van der Waals surface area (Å²) in [4.78, 5) is 110. The number of sulfonamides is 2. The number of amides is 7. The number of carboxylic acid groups (broad SMARTS) is 1. The second kappa shape index (κ2) is 33.5. The highest BCUT2D eigenvalue weighted by Gasteiger charge is 2.68. The van der Waals surface area contributed by atoms with E-state index in [0.29, 0.717) is 50.9 Å². The number of carboxylic acids is 1. The van der Waals surface area contributed by atoms with Crippen molar-refractivity contribution in [1.82, 2.24) is 35.2 Å². The third-order valence-corrected chi connectivity index (χ3v) is 28.2. The number of fused-ring (bicyclic) bond motifs is 10. The van der Waals surface area contributed by atoms with E-state index in [9.17, 15) is 60.3 Å². The van der Waals surface area contributed by atoms with Gasteiger partial charge in [0.15, 0.2) is 0 Å². The minimum Gasteiger partial charge on any atom is -0.496 e. The molecule has 4 aromatic carbocycles. The zero-order valence-electron chi connectivity index (χ0n) is 65.9. The second-order valence-electron chi connectivity index (χ2n) is 34.9. The van der Waals surface area contributed by atoms with Gasteiger partial charge in [-0.3, -0.25) is 33.4 Å². The molecular formula is C83H118N8O19S2. The molecule has 0 spiro atoms. The summed E-state index contributed by atoms with van der Waals surface area (Å²) < 4.78 is 88.2. The van der Waals surface area contributed by atoms with E-state index in [-0.39, 0.29) is 69.6 Å². The van der Waals surface area contributed by atoms with Gasteiger partial charge in [0.1, 0.15) is 52.4 Å². The summed E-state index contributed by atoms with van der Waals surface area (Å²) in [6.07, 6.45) is 17.1. The number of hydrogen-bond donors (Lipinski definition) is 7. The van der Waals surface area contributed by atoms with Crippen LogP contribution >= 0.6 is 0 Å². The van der Waals surface area contributed by atoms with E-state index >= 15 is 0 Å². The van der Waals surface area contributed by atoms with Gasteiger partial charge in [0.25, 0.3) is 11.8 Å². The van der Waals surface area contributed by atoms with E-state index in [4.69, 9.17) is 34.2 Å². The lowest BCUT2D eigenvalue weighted by Crippen LogP contribution is -2.60. The van der Waals surface area contributed by atoms with Crippen LogP contribution in [0.15, 0.2) is 60.7 Å². The number of carbonyl (C=O) groups excluding carboxylic acids is 7. The van der Waals surface area contributed by atoms with Crippen LogP contribution < -0.4 is 40.6 Å². The van der Waals surface area contributed by atoms with E-state index in [0.717, 1.165) is 152 Å². The Morgan fingerprint density at radius 1 is 0.527 bits per heavy atom. The molecule has 27 nitrogen and oxygen atoms in total. The normalized spacial score (nSPS) is 28.8. The highest BCUT2D eigenvalue weighted by molar-refractivity contribution is 7.91. The highest BCUT2D eigenvalue weighted by atomic mass is 32.2. The number of methoxy groups -OCH3 is 4. The van der Waals surface area contributed by atoms with Gasteiger partial charge in [0.2, 0.25) is 37.8 Å². The first-order chi connectivity index (χ1) is 52.5. The lowest BCUT2D eigenvalue weighted by atomic mass is 9.85. The molecule has 29 heteroatoms. The molecule has 10 aliphatic rings. The number of alkyl carbamates (subject to hydrolysis) is 2. The molecule has 616 valence electrons. The third-order valence-electron chi connectivity index (χ3n) is 24.5. The average molecular weight is 1600 g/mol. The van der Waals surface area contributed by atoms with Crippen molar-refractivity contribution in [3.05, 3.63) is 82.9 Å². The van der Waals surface area contributed by atoms with E-state index in [1.165, 1.54) is 9.80 Å². The number of benzene rings is 4. The Morgan fingerprint density at radius 3 is 1.35 bits per heavy atom. The molecule has 4 heterocycles. The number of nitrogens with one attached hydrogen (secondary N) is 5. The maximum absolute atomic E-state index is 14.8. The number of rotatable bonds is 15. The van der Waals surface area contributed by atoms with E-state index in [1.54, 1.807) is 28.4 Å². The SMILES string of the molecule is C.COc1cc2ccc3cc2cc1CCCCCCCOC(=O)N[C@@H](C(C)(C)C)C(=O)N1C[C@@]3(OC)C[C@H]1C(=O)N[C@]1(C(=O)NS(=O)(=O)C2CC2)C[C@H]1C1CC1.COc1cc2ccc3cc2cc1CCCCCCCOC(=O)N[C@@H](C(C)(C)C)C(=O)N1C[C@@]3(OC)C[C@H]1C(=O)O.N[C@]1(C(=O)NS(=O)(=O)C2CC2)C[C@H]1C1CC1. The van der Waals surface area contributed by atoms with Crippen LogP contribution in [0.4, 0.5) is 9.59 Å². The minimum atomic E-state index is -3.86. The smallest absolute Gasteiger partial charge is 0.407 e. The van der Waals surface area contributed by atoms with Gasteiger partial charge in [-0.15, -0.1) is 0 Å². The van der Waals surface area contributed by atoms with Crippen molar-refractivity contribution in [2.45, 2.75) is 260 Å². The standard InChI is InChI=1S/C41H56N4O9S.C31H42N2O7.C10H16N2O3S.CH4/c1-39(2,3)34-36(47)45-24-40(53-5,23-32(45)35(46)43-41(22-31(41)25-12-13-25)37(48)44-55(50,51)30-16-17-30)29-15-14-26-21-33(52-4)27(19-28(26)20-29)11-9-7-6-8-10-18-54-38(49)42-34;1-30(2,3)26-27(34)33-19-31(39-5,18-24(33)28(35)36)23-13-12-20-17-25(38-4)21(15-22(20)16-23)11-9-7-6-8-10-14-40-29(37)32-26;11-10(5-8(10)6-1-2-6)9(13)12-16(14,15)7-3-4-7;/h14-15,19-21,25,30-32,34H,6-13,16-18,22-24H2,1-5H3,(H,42,49)(H,43,46)(H,44,48);12-13,15-17,24,26H,6-11,14,18-19H2,1-5H3,(H,32,37)(H,35,36);6-8H,1-5,11H2,(H,12,13);1H4/t31-,32-,34+,40-,41+;24-,26+,31-;8-,10+;/m000./s1. The van der Waals surface area contributed by atoms with Gasteiger partial charge in [-0.05, 0) is 217 Å². The molecule has 10 atom stereocenters. The van der Waals surface area contributed by atoms with Crippen molar-refractivity contribution < 1.29 is 88.7 Å². The molecule has 0 radical (unpaired) electrons. The van der Waals surface area contributed by atoms with E-state index in [1.807, 2.05) is 90.1 Å². The number of ether oxygens (including phenoxy) is 6. The summed E-state index contributed by atoms with van der Waals surface area (Å²) in [5.41, 5.74) is 3.76. The van der Waals surface area contributed by atoms with Crippen molar-refractivity contribution in [2.75, 3.05) is 54.7 Å². The maximum atomic E-state index is 14.8. The molecule has 4 aliphatic heterocycles. The Kier molecular flexibility index (Phi) is 25.5. The monoisotopic (exact) mass is 1590 g/mol. The average Bonchev–Trinajstić information content (AvgIpc) is 1.55. The molecule has 4 aromatic rings. The quantitative estimate of drug-likeness (QED) is 0.0581. The fourth-order valence-corrected chi connectivity index (χ4v) is 19.6. The molecule has 8 fully saturated rings. The first-order valence-electron chi connectivity index (χ1n) is 39.8. The summed E-state index contributed by atoms with van der Waals surface area (Å²) in [5, 5.41) is 21.7. The Morgan fingerprint density at radius 2 is 0.938 bits per heavy atom. The van der Waals surface area contributed by atoms with Crippen LogP contribution in [0.2, 0.25) is 0 Å². The number of hydrogen-bond acceptors (Lipinski definition) is 19. The van der Waals surface area contributed by atoms with Crippen LogP contribution in [0.1, 0.15) is 212 Å². The number of aliphatic carboxylic acids is 1. The van der Waals surface area contributed by atoms with Crippen molar-refractivity contribution in [3.8, 4) is 11.5 Å². The van der Waals surface area contributed by atoms with Crippen LogP contribution in [0.5, 0.6) is 11.5 Å². The topological polar surface area (TPSA) is 373 Å². The predicted molar refractivity (Wildman–Crippen MR) is 422 cm³/mol. The lowest BCUT2D eigenvalue weighted by molar-refractivity contribution is -0.150. The molecule has 112 heavy (non-hydrogen) atoms. The van der Waals surface area contributed by atoms with E-state index < -0.39 is 130 Å². The summed E-state index contributed by atoms with van der Waals surface area (Å²) in [7, 11) is -0.841. The molecule has 7 amide bonds. The fraction of sp³-hybridized carbons (Fsp3) is 0.663. The zero-order chi connectivity index (χ0) is 80.0. The van der Waals surface area contributed by atoms with Gasteiger partial charge >= 0.3 is 18.2 Å². The van der Waals surface area contributed by atoms with Gasteiger partial charge in [-0.1, -0.05) is 112 Å². The largest absolute Gasteiger partial charge is 0.496 e. The second-order valence-corrected chi connectivity index (χ2v) is 38.8. The van der Waals surface area contributed by atoms with Crippen LogP contribution in [-0.2, 0) is 91.8 Å². The Hall–Kier alpha value is -7.86. The van der Waals surface area contributed by atoms with Crippen molar-refractivity contribution in [1.29, 1.82) is 0 Å². The molecular weight excluding hydrogens is 1480 g/mol. The molecule has 0 unspecified atom stereocenters. The number of nitrogens with zero attached hydrogens (tertiary/aromatic N) is 2. The van der Waals surface area contributed by atoms with Crippen LogP contribution in [-0.4, -0.2) is 180 Å². The van der Waals surface area contributed by atoms with Crippen LogP contribution in [0.3, 0.4) is 0 Å². The van der Waals surface area contributed by atoms with Crippen molar-refractivity contribution in [2.24, 2.45) is 40.2 Å². The summed E-state index contributed by atoms with van der Waals surface area (Å²) in [6, 6.07) is 16.0. The summed E-state index contributed by atoms with van der Waals surface area (Å²) in [5.74, 6) is -1.43. The molecule has 0 aromatic heterocycles. The zero-order valence-corrected chi connectivity index (χ0v) is 67.6. The first-order valence-corrected chi connectivity index (χ1v) is 42.9. The van der Waals surface area contributed by atoms with E-state index in [2.05, 4.69) is 37.5 Å². The highest BCUT2D eigenvalue weighted by Crippen LogP contribution is 2.58. The molecule has 2 saturated heterocycles. The van der Waals surface area contributed by atoms with Crippen molar-refractivity contribution >= 4 is 89.3 Å². The molecule has 8 N–H and O–H groups in total. The predicted octanol–water partition coefficient (Wildman–Crippen LogP) is 10.2. The molecule has 6 saturated carbocycles. The van der Waals surface area contributed by atoms with Gasteiger partial charge < -0.3 is 65.0 Å². The maximum Gasteiger partial charge on any atom is 0.407 e. The van der Waals surface area contributed by atoms with Gasteiger partial charge in [-0.2, -0.15) is 0 Å². The van der Waals surface area contributed by atoms with Gasteiger partial charge in [0, 0.05) is 27.1 Å².